The van der Waals surface area contributed by atoms with Gasteiger partial charge in [-0.05, 0) is 63.3 Å². The summed E-state index contributed by atoms with van der Waals surface area (Å²) in [7, 11) is 1.80. The van der Waals surface area contributed by atoms with E-state index in [9.17, 15) is 4.79 Å². The van der Waals surface area contributed by atoms with Gasteiger partial charge in [-0.15, -0.1) is 24.0 Å². The number of guanidine groups is 1. The molecule has 0 amide bonds. The van der Waals surface area contributed by atoms with E-state index in [0.29, 0.717) is 0 Å². The van der Waals surface area contributed by atoms with Crippen molar-refractivity contribution in [2.24, 2.45) is 4.99 Å². The summed E-state index contributed by atoms with van der Waals surface area (Å²) in [5, 5.41) is 6.89. The zero-order valence-electron chi connectivity index (χ0n) is 18.9. The number of pyridine rings is 1. The van der Waals surface area contributed by atoms with E-state index in [4.69, 9.17) is 0 Å². The first-order valence-corrected chi connectivity index (χ1v) is 11.1. The number of rotatable bonds is 8. The smallest absolute Gasteiger partial charge is 0.250 e. The van der Waals surface area contributed by atoms with E-state index in [1.807, 2.05) is 23.6 Å². The van der Waals surface area contributed by atoms with Crippen molar-refractivity contribution < 1.29 is 0 Å². The monoisotopic (exact) mass is 537 g/mol. The third-order valence-corrected chi connectivity index (χ3v) is 5.79. The zero-order valence-corrected chi connectivity index (χ0v) is 21.3. The largest absolute Gasteiger partial charge is 0.372 e. The number of aliphatic imine (C=N–C) groups is 1. The van der Waals surface area contributed by atoms with E-state index in [-0.39, 0.29) is 35.6 Å². The van der Waals surface area contributed by atoms with Gasteiger partial charge in [0.05, 0.1) is 6.04 Å². The molecule has 1 unspecified atom stereocenters. The number of hydrogen-bond donors (Lipinski definition) is 2. The third kappa shape index (κ3) is 7.26. The Morgan fingerprint density at radius 1 is 1.13 bits per heavy atom. The Labute approximate surface area is 203 Å². The quantitative estimate of drug-likeness (QED) is 0.231. The lowest BCUT2D eigenvalue weighted by molar-refractivity contribution is 0.572. The van der Waals surface area contributed by atoms with Gasteiger partial charge < -0.3 is 20.1 Å². The standard InChI is InChI=1S/C24H35N5O.HI/c1-19-10-8-13-23(30)29(19)17-5-4-14-26-24(25-3)27-20(2)21-11-9-12-22(18-21)28-15-6-7-16-28;/h8-13,18,20H,4-7,14-17H2,1-3H3,(H2,25,26,27);1H. The van der Waals surface area contributed by atoms with Gasteiger partial charge in [0.1, 0.15) is 0 Å². The summed E-state index contributed by atoms with van der Waals surface area (Å²) in [6.07, 6.45) is 4.49. The van der Waals surface area contributed by atoms with Crippen molar-refractivity contribution in [2.45, 2.75) is 52.1 Å². The summed E-state index contributed by atoms with van der Waals surface area (Å²) in [5.74, 6) is 0.808. The average molecular weight is 537 g/mol. The molecule has 1 saturated heterocycles. The Morgan fingerprint density at radius 3 is 2.58 bits per heavy atom. The van der Waals surface area contributed by atoms with Gasteiger partial charge in [0.15, 0.2) is 5.96 Å². The first-order valence-electron chi connectivity index (χ1n) is 11.1. The van der Waals surface area contributed by atoms with Crippen molar-refractivity contribution in [1.29, 1.82) is 0 Å². The average Bonchev–Trinajstić information content (AvgIpc) is 3.29. The molecule has 7 heteroatoms. The number of halogens is 1. The predicted octanol–water partition coefficient (Wildman–Crippen LogP) is 4.08. The van der Waals surface area contributed by atoms with Gasteiger partial charge in [0, 0.05) is 50.7 Å². The Bertz CT molecular complexity index is 905. The fraction of sp³-hybridized carbons (Fsp3) is 0.500. The fourth-order valence-electron chi connectivity index (χ4n) is 3.96. The molecule has 2 aromatic rings. The normalized spacial score (nSPS) is 14.8. The summed E-state index contributed by atoms with van der Waals surface area (Å²) >= 11 is 0. The van der Waals surface area contributed by atoms with Crippen LogP contribution in [0, 0.1) is 6.92 Å². The number of aryl methyl sites for hydroxylation is 1. The van der Waals surface area contributed by atoms with Crippen LogP contribution in [0.25, 0.3) is 0 Å². The van der Waals surface area contributed by atoms with Crippen LogP contribution in [0.5, 0.6) is 0 Å². The topological polar surface area (TPSA) is 61.7 Å². The number of benzene rings is 1. The molecule has 0 bridgehead atoms. The van der Waals surface area contributed by atoms with Gasteiger partial charge >= 0.3 is 0 Å². The second-order valence-electron chi connectivity index (χ2n) is 8.02. The number of unbranched alkanes of at least 4 members (excludes halogenated alkanes) is 1. The highest BCUT2D eigenvalue weighted by Crippen LogP contribution is 2.23. The maximum atomic E-state index is 11.9. The van der Waals surface area contributed by atoms with Crippen molar-refractivity contribution in [3.63, 3.8) is 0 Å². The summed E-state index contributed by atoms with van der Waals surface area (Å²) in [4.78, 5) is 18.8. The summed E-state index contributed by atoms with van der Waals surface area (Å²) in [5.41, 5.74) is 3.66. The van der Waals surface area contributed by atoms with E-state index in [0.717, 1.165) is 50.7 Å². The molecule has 6 nitrogen and oxygen atoms in total. The highest BCUT2D eigenvalue weighted by Gasteiger charge is 2.14. The maximum absolute atomic E-state index is 11.9. The number of nitrogens with zero attached hydrogens (tertiary/aromatic N) is 3. The molecular formula is C24H36IN5O. The zero-order chi connectivity index (χ0) is 21.3. The van der Waals surface area contributed by atoms with Gasteiger partial charge in [0.2, 0.25) is 0 Å². The lowest BCUT2D eigenvalue weighted by Gasteiger charge is -2.22. The molecule has 3 rings (SSSR count). The van der Waals surface area contributed by atoms with E-state index in [1.165, 1.54) is 24.1 Å². The number of hydrogen-bond acceptors (Lipinski definition) is 3. The van der Waals surface area contributed by atoms with Crippen molar-refractivity contribution in [1.82, 2.24) is 15.2 Å². The molecule has 1 aromatic carbocycles. The van der Waals surface area contributed by atoms with Crippen LogP contribution in [0.1, 0.15) is 49.9 Å². The predicted molar refractivity (Wildman–Crippen MR) is 141 cm³/mol. The Morgan fingerprint density at radius 2 is 1.87 bits per heavy atom. The molecule has 170 valence electrons. The van der Waals surface area contributed by atoms with E-state index >= 15 is 0 Å². The summed E-state index contributed by atoms with van der Waals surface area (Å²) < 4.78 is 1.84. The van der Waals surface area contributed by atoms with E-state index in [2.05, 4.69) is 51.7 Å². The molecule has 0 aliphatic carbocycles. The highest BCUT2D eigenvalue weighted by molar-refractivity contribution is 14.0. The van der Waals surface area contributed by atoms with Crippen molar-refractivity contribution in [3.8, 4) is 0 Å². The van der Waals surface area contributed by atoms with Crippen LogP contribution in [0.3, 0.4) is 0 Å². The lowest BCUT2D eigenvalue weighted by atomic mass is 10.1. The summed E-state index contributed by atoms with van der Waals surface area (Å²) in [6, 6.07) is 14.4. The maximum Gasteiger partial charge on any atom is 0.250 e. The minimum Gasteiger partial charge on any atom is -0.372 e. The van der Waals surface area contributed by atoms with Gasteiger partial charge in [-0.25, -0.2) is 0 Å². The van der Waals surface area contributed by atoms with Crippen LogP contribution in [0.4, 0.5) is 5.69 Å². The van der Waals surface area contributed by atoms with Crippen LogP contribution in [-0.4, -0.2) is 37.2 Å². The van der Waals surface area contributed by atoms with Gasteiger partial charge in [-0.2, -0.15) is 0 Å². The molecule has 2 heterocycles. The molecule has 0 spiro atoms. The molecule has 31 heavy (non-hydrogen) atoms. The molecule has 0 radical (unpaired) electrons. The molecule has 1 atom stereocenters. The third-order valence-electron chi connectivity index (χ3n) is 5.79. The van der Waals surface area contributed by atoms with E-state index < -0.39 is 0 Å². The van der Waals surface area contributed by atoms with Crippen molar-refractivity contribution in [2.75, 3.05) is 31.6 Å². The lowest BCUT2D eigenvalue weighted by Crippen LogP contribution is -2.39. The second-order valence-corrected chi connectivity index (χ2v) is 8.02. The van der Waals surface area contributed by atoms with Gasteiger partial charge in [-0.3, -0.25) is 9.79 Å². The van der Waals surface area contributed by atoms with Crippen molar-refractivity contribution >= 4 is 35.6 Å². The van der Waals surface area contributed by atoms with Crippen LogP contribution in [0.2, 0.25) is 0 Å². The Kier molecular flexibility index (Phi) is 10.4. The molecule has 1 fully saturated rings. The van der Waals surface area contributed by atoms with Crippen LogP contribution in [-0.2, 0) is 6.54 Å². The Balaban J connectivity index is 0.00000341. The van der Waals surface area contributed by atoms with Crippen LogP contribution >= 0.6 is 24.0 Å². The molecule has 1 aliphatic rings. The van der Waals surface area contributed by atoms with Crippen molar-refractivity contribution in [3.05, 3.63) is 64.1 Å². The minimum atomic E-state index is 0. The molecule has 0 saturated carbocycles. The first kappa shape index (κ1) is 25.2. The van der Waals surface area contributed by atoms with E-state index in [1.54, 1.807) is 13.1 Å². The fourth-order valence-corrected chi connectivity index (χ4v) is 3.96. The van der Waals surface area contributed by atoms with Gasteiger partial charge in [-0.1, -0.05) is 18.2 Å². The summed E-state index contributed by atoms with van der Waals surface area (Å²) in [6.45, 7) is 8.03. The molecule has 1 aliphatic heterocycles. The molecular weight excluding hydrogens is 501 g/mol. The molecule has 1 aromatic heterocycles. The Hall–Kier alpha value is -2.03. The first-order chi connectivity index (χ1) is 14.6. The van der Waals surface area contributed by atoms with Crippen LogP contribution < -0.4 is 21.1 Å². The number of nitrogens with one attached hydrogen (secondary N) is 2. The number of anilines is 1. The minimum absolute atomic E-state index is 0. The highest BCUT2D eigenvalue weighted by atomic mass is 127. The SMILES string of the molecule is CN=C(NCCCCn1c(C)cccc1=O)NC(C)c1cccc(N2CCCC2)c1.I. The van der Waals surface area contributed by atoms with Crippen LogP contribution in [0.15, 0.2) is 52.3 Å². The molecule has 2 N–H and O–H groups in total. The number of aromatic nitrogens is 1. The van der Waals surface area contributed by atoms with Gasteiger partial charge in [0.25, 0.3) is 5.56 Å². The second kappa shape index (κ2) is 12.7.